The zero-order valence-corrected chi connectivity index (χ0v) is 14.1. The molecule has 0 unspecified atom stereocenters. The highest BCUT2D eigenvalue weighted by molar-refractivity contribution is 4.69. The van der Waals surface area contributed by atoms with Crippen molar-refractivity contribution in [2.75, 3.05) is 32.7 Å². The maximum absolute atomic E-state index is 3.61. The van der Waals surface area contributed by atoms with Crippen molar-refractivity contribution < 1.29 is 0 Å². The van der Waals surface area contributed by atoms with Gasteiger partial charge in [-0.3, -0.25) is 0 Å². The molecule has 0 aromatic heterocycles. The van der Waals surface area contributed by atoms with Gasteiger partial charge in [0.2, 0.25) is 0 Å². The van der Waals surface area contributed by atoms with E-state index in [1.807, 2.05) is 0 Å². The topological polar surface area (TPSA) is 15.3 Å². The standard InChI is InChI=1S/C18H38N2/c1-3-4-5-6-7-8-9-10-13-19-14-17-20-15-11-18(2)12-16-20/h18-19H,3-17H2,1-2H3. The molecule has 0 aromatic carbocycles. The molecule has 0 spiro atoms. The van der Waals surface area contributed by atoms with Gasteiger partial charge in [0.1, 0.15) is 0 Å². The van der Waals surface area contributed by atoms with E-state index in [1.165, 1.54) is 96.9 Å². The summed E-state index contributed by atoms with van der Waals surface area (Å²) in [6, 6.07) is 0. The quantitative estimate of drug-likeness (QED) is 0.532. The number of piperidine rings is 1. The van der Waals surface area contributed by atoms with Crippen LogP contribution in [0.4, 0.5) is 0 Å². The Balaban J connectivity index is 1.74. The van der Waals surface area contributed by atoms with Crippen molar-refractivity contribution >= 4 is 0 Å². The lowest BCUT2D eigenvalue weighted by Gasteiger charge is -2.30. The first kappa shape index (κ1) is 18.0. The van der Waals surface area contributed by atoms with Gasteiger partial charge in [-0.2, -0.15) is 0 Å². The summed E-state index contributed by atoms with van der Waals surface area (Å²) in [5.74, 6) is 0.955. The molecule has 20 heavy (non-hydrogen) atoms. The highest BCUT2D eigenvalue weighted by Gasteiger charge is 2.14. The normalized spacial score (nSPS) is 17.7. The van der Waals surface area contributed by atoms with Gasteiger partial charge >= 0.3 is 0 Å². The van der Waals surface area contributed by atoms with Gasteiger partial charge < -0.3 is 10.2 Å². The average Bonchev–Trinajstić information content (AvgIpc) is 2.47. The van der Waals surface area contributed by atoms with Gasteiger partial charge in [-0.15, -0.1) is 0 Å². The third kappa shape index (κ3) is 9.77. The van der Waals surface area contributed by atoms with E-state index in [2.05, 4.69) is 24.1 Å². The first-order chi connectivity index (χ1) is 9.83. The molecule has 0 saturated carbocycles. The Morgan fingerprint density at radius 2 is 1.45 bits per heavy atom. The van der Waals surface area contributed by atoms with Gasteiger partial charge in [0.25, 0.3) is 0 Å². The van der Waals surface area contributed by atoms with Crippen LogP contribution in [0.2, 0.25) is 0 Å². The van der Waals surface area contributed by atoms with Crippen LogP contribution in [0.5, 0.6) is 0 Å². The molecule has 0 aliphatic carbocycles. The predicted octanol–water partition coefficient (Wildman–Crippen LogP) is 4.45. The largest absolute Gasteiger partial charge is 0.315 e. The Bertz CT molecular complexity index is 198. The molecule has 0 amide bonds. The molecule has 1 N–H and O–H groups in total. The van der Waals surface area contributed by atoms with Crippen LogP contribution in [0, 0.1) is 5.92 Å². The van der Waals surface area contributed by atoms with E-state index in [0.717, 1.165) is 5.92 Å². The number of rotatable bonds is 12. The van der Waals surface area contributed by atoms with Crippen molar-refractivity contribution in [2.45, 2.75) is 78.1 Å². The minimum absolute atomic E-state index is 0.955. The molecular weight excluding hydrogens is 244 g/mol. The Morgan fingerprint density at radius 3 is 2.10 bits per heavy atom. The molecule has 0 radical (unpaired) electrons. The molecule has 1 rings (SSSR count). The summed E-state index contributed by atoms with van der Waals surface area (Å²) >= 11 is 0. The van der Waals surface area contributed by atoms with Gasteiger partial charge in [0.05, 0.1) is 0 Å². The van der Waals surface area contributed by atoms with Crippen LogP contribution in [0.1, 0.15) is 78.1 Å². The van der Waals surface area contributed by atoms with Crippen molar-refractivity contribution in [1.82, 2.24) is 10.2 Å². The summed E-state index contributed by atoms with van der Waals surface area (Å²) < 4.78 is 0. The monoisotopic (exact) mass is 282 g/mol. The number of nitrogens with zero attached hydrogens (tertiary/aromatic N) is 1. The maximum atomic E-state index is 3.61. The second-order valence-electron chi connectivity index (χ2n) is 6.75. The molecule has 0 aromatic rings. The van der Waals surface area contributed by atoms with E-state index < -0.39 is 0 Å². The third-order valence-corrected chi connectivity index (χ3v) is 4.69. The molecule has 2 heteroatoms. The van der Waals surface area contributed by atoms with Gasteiger partial charge in [0.15, 0.2) is 0 Å². The minimum atomic E-state index is 0.955. The number of hydrogen-bond donors (Lipinski definition) is 1. The van der Waals surface area contributed by atoms with Gasteiger partial charge in [-0.1, -0.05) is 58.8 Å². The van der Waals surface area contributed by atoms with Crippen LogP contribution in [-0.4, -0.2) is 37.6 Å². The van der Waals surface area contributed by atoms with E-state index in [0.29, 0.717) is 0 Å². The second kappa shape index (κ2) is 12.6. The second-order valence-corrected chi connectivity index (χ2v) is 6.75. The lowest BCUT2D eigenvalue weighted by atomic mass is 9.99. The summed E-state index contributed by atoms with van der Waals surface area (Å²) in [6.07, 6.45) is 14.2. The first-order valence-electron chi connectivity index (χ1n) is 9.26. The lowest BCUT2D eigenvalue weighted by Crippen LogP contribution is -2.37. The van der Waals surface area contributed by atoms with Gasteiger partial charge in [0, 0.05) is 13.1 Å². The average molecular weight is 283 g/mol. The third-order valence-electron chi connectivity index (χ3n) is 4.69. The molecule has 1 aliphatic heterocycles. The molecule has 0 bridgehead atoms. The summed E-state index contributed by atoms with van der Waals surface area (Å²) in [4.78, 5) is 2.63. The summed E-state index contributed by atoms with van der Waals surface area (Å²) in [5, 5.41) is 3.61. The Labute approximate surface area is 127 Å². The van der Waals surface area contributed by atoms with Crippen LogP contribution < -0.4 is 5.32 Å². The Hall–Kier alpha value is -0.0800. The highest BCUT2D eigenvalue weighted by Crippen LogP contribution is 2.15. The lowest BCUT2D eigenvalue weighted by molar-refractivity contribution is 0.193. The van der Waals surface area contributed by atoms with Crippen molar-refractivity contribution in [3.8, 4) is 0 Å². The Kier molecular flexibility index (Phi) is 11.4. The SMILES string of the molecule is CCCCCCCCCCNCCN1CCC(C)CC1. The minimum Gasteiger partial charge on any atom is -0.315 e. The molecule has 1 aliphatic rings. The number of likely N-dealkylation sites (tertiary alicyclic amines) is 1. The fourth-order valence-corrected chi connectivity index (χ4v) is 3.03. The van der Waals surface area contributed by atoms with Crippen LogP contribution in [-0.2, 0) is 0 Å². The van der Waals surface area contributed by atoms with Gasteiger partial charge in [-0.25, -0.2) is 0 Å². The number of unbranched alkanes of at least 4 members (excludes halogenated alkanes) is 7. The molecule has 2 nitrogen and oxygen atoms in total. The van der Waals surface area contributed by atoms with Crippen molar-refractivity contribution in [1.29, 1.82) is 0 Å². The van der Waals surface area contributed by atoms with Crippen molar-refractivity contribution in [3.05, 3.63) is 0 Å². The zero-order valence-electron chi connectivity index (χ0n) is 14.1. The van der Waals surface area contributed by atoms with E-state index in [1.54, 1.807) is 0 Å². The van der Waals surface area contributed by atoms with Crippen LogP contribution >= 0.6 is 0 Å². The van der Waals surface area contributed by atoms with E-state index in [-0.39, 0.29) is 0 Å². The highest BCUT2D eigenvalue weighted by atomic mass is 15.1. The first-order valence-corrected chi connectivity index (χ1v) is 9.26. The van der Waals surface area contributed by atoms with E-state index >= 15 is 0 Å². The predicted molar refractivity (Wildman–Crippen MR) is 90.3 cm³/mol. The smallest absolute Gasteiger partial charge is 0.0107 e. The number of hydrogen-bond acceptors (Lipinski definition) is 2. The summed E-state index contributed by atoms with van der Waals surface area (Å²) in [7, 11) is 0. The van der Waals surface area contributed by atoms with Gasteiger partial charge in [-0.05, 0) is 44.8 Å². The molecule has 120 valence electrons. The fourth-order valence-electron chi connectivity index (χ4n) is 3.03. The van der Waals surface area contributed by atoms with Crippen LogP contribution in [0.3, 0.4) is 0 Å². The van der Waals surface area contributed by atoms with Crippen LogP contribution in [0.25, 0.3) is 0 Å². The number of nitrogens with one attached hydrogen (secondary N) is 1. The molecule has 1 fully saturated rings. The molecule has 0 atom stereocenters. The van der Waals surface area contributed by atoms with Crippen molar-refractivity contribution in [2.24, 2.45) is 5.92 Å². The fraction of sp³-hybridized carbons (Fsp3) is 1.00. The van der Waals surface area contributed by atoms with E-state index in [9.17, 15) is 0 Å². The van der Waals surface area contributed by atoms with Crippen molar-refractivity contribution in [3.63, 3.8) is 0 Å². The molecular formula is C18H38N2. The Morgan fingerprint density at radius 1 is 0.850 bits per heavy atom. The van der Waals surface area contributed by atoms with E-state index in [4.69, 9.17) is 0 Å². The zero-order chi connectivity index (χ0) is 14.5. The maximum Gasteiger partial charge on any atom is 0.0107 e. The molecule has 1 heterocycles. The summed E-state index contributed by atoms with van der Waals surface area (Å²) in [6.45, 7) is 11.0. The summed E-state index contributed by atoms with van der Waals surface area (Å²) in [5.41, 5.74) is 0. The van der Waals surface area contributed by atoms with Crippen LogP contribution in [0.15, 0.2) is 0 Å². The molecule has 1 saturated heterocycles.